The van der Waals surface area contributed by atoms with Crippen molar-refractivity contribution in [2.45, 2.75) is 64.5 Å². The summed E-state index contributed by atoms with van der Waals surface area (Å²) in [5, 5.41) is 10.7. The van der Waals surface area contributed by atoms with Crippen LogP contribution in [0.3, 0.4) is 0 Å². The molecule has 1 aliphatic heterocycles. The van der Waals surface area contributed by atoms with Crippen molar-refractivity contribution in [3.63, 3.8) is 0 Å². The first kappa shape index (κ1) is 15.6. The fraction of sp³-hybridized carbons (Fsp3) is 0.722. The molecule has 1 saturated carbocycles. The van der Waals surface area contributed by atoms with Crippen molar-refractivity contribution >= 4 is 5.91 Å². The lowest BCUT2D eigenvalue weighted by molar-refractivity contribution is -0.143. The molecule has 1 aromatic rings. The Morgan fingerprint density at radius 3 is 2.73 bits per heavy atom. The summed E-state index contributed by atoms with van der Waals surface area (Å²) in [7, 11) is 0. The Bertz CT molecular complexity index is 532. The van der Waals surface area contributed by atoms with Crippen LogP contribution in [0.25, 0.3) is 0 Å². The van der Waals surface area contributed by atoms with Crippen LogP contribution in [0.4, 0.5) is 0 Å². The predicted molar refractivity (Wildman–Crippen MR) is 86.6 cm³/mol. The van der Waals surface area contributed by atoms with Gasteiger partial charge in [-0.3, -0.25) is 4.79 Å². The van der Waals surface area contributed by atoms with Gasteiger partial charge in [-0.25, -0.2) is 0 Å². The first-order chi connectivity index (χ1) is 10.5. The standard InChI is InChI=1S/C18H28N2O2/c1-14-6-7-15(2)20(14)11-8-17(21)19-12-10-18(22)9-4-3-5-16(18)13-19/h6-7,16,22H,3-5,8-13H2,1-2H3/t16-,18+/m1/s1. The molecule has 0 aromatic carbocycles. The highest BCUT2D eigenvalue weighted by Gasteiger charge is 2.43. The van der Waals surface area contributed by atoms with Gasteiger partial charge in [-0.1, -0.05) is 12.8 Å². The van der Waals surface area contributed by atoms with E-state index in [4.69, 9.17) is 0 Å². The SMILES string of the molecule is Cc1ccc(C)n1CCC(=O)N1CC[C@@]2(O)CCCC[C@@H]2C1. The van der Waals surface area contributed by atoms with Crippen LogP contribution in [0.2, 0.25) is 0 Å². The Morgan fingerprint density at radius 1 is 1.27 bits per heavy atom. The first-order valence-corrected chi connectivity index (χ1v) is 8.62. The van der Waals surface area contributed by atoms with E-state index in [1.165, 1.54) is 17.8 Å². The molecule has 122 valence electrons. The third kappa shape index (κ3) is 2.94. The average molecular weight is 304 g/mol. The topological polar surface area (TPSA) is 45.5 Å². The molecular weight excluding hydrogens is 276 g/mol. The van der Waals surface area contributed by atoms with Crippen LogP contribution in [0, 0.1) is 19.8 Å². The third-order valence-corrected chi connectivity index (χ3v) is 5.75. The minimum Gasteiger partial charge on any atom is -0.389 e. The fourth-order valence-corrected chi connectivity index (χ4v) is 4.21. The molecule has 0 unspecified atom stereocenters. The number of carbonyl (C=O) groups is 1. The second kappa shape index (κ2) is 6.07. The van der Waals surface area contributed by atoms with Gasteiger partial charge in [0.05, 0.1) is 5.60 Å². The van der Waals surface area contributed by atoms with Crippen LogP contribution in [0.15, 0.2) is 12.1 Å². The maximum Gasteiger partial charge on any atom is 0.224 e. The van der Waals surface area contributed by atoms with E-state index in [9.17, 15) is 9.90 Å². The zero-order valence-corrected chi connectivity index (χ0v) is 13.8. The zero-order valence-electron chi connectivity index (χ0n) is 13.8. The molecule has 0 spiro atoms. The molecule has 0 bridgehead atoms. The van der Waals surface area contributed by atoms with Crippen LogP contribution in [-0.4, -0.2) is 39.2 Å². The van der Waals surface area contributed by atoms with E-state index in [1.54, 1.807) is 0 Å². The molecule has 1 N–H and O–H groups in total. The summed E-state index contributed by atoms with van der Waals surface area (Å²) in [6.45, 7) is 6.39. The first-order valence-electron chi connectivity index (χ1n) is 8.62. The summed E-state index contributed by atoms with van der Waals surface area (Å²) in [6.07, 6.45) is 5.62. The van der Waals surface area contributed by atoms with Gasteiger partial charge in [0.25, 0.3) is 0 Å². The van der Waals surface area contributed by atoms with Gasteiger partial charge >= 0.3 is 0 Å². The molecule has 1 aliphatic carbocycles. The largest absolute Gasteiger partial charge is 0.389 e. The van der Waals surface area contributed by atoms with E-state index in [-0.39, 0.29) is 11.8 Å². The fourth-order valence-electron chi connectivity index (χ4n) is 4.21. The number of likely N-dealkylation sites (tertiary alicyclic amines) is 1. The van der Waals surface area contributed by atoms with E-state index in [0.29, 0.717) is 6.42 Å². The molecule has 22 heavy (non-hydrogen) atoms. The van der Waals surface area contributed by atoms with Crippen molar-refractivity contribution in [2.75, 3.05) is 13.1 Å². The number of hydrogen-bond donors (Lipinski definition) is 1. The monoisotopic (exact) mass is 304 g/mol. The van der Waals surface area contributed by atoms with Crippen molar-refractivity contribution < 1.29 is 9.90 Å². The van der Waals surface area contributed by atoms with Gasteiger partial charge in [-0.05, 0) is 45.2 Å². The van der Waals surface area contributed by atoms with Crippen LogP contribution >= 0.6 is 0 Å². The van der Waals surface area contributed by atoms with Gasteiger partial charge in [0, 0.05) is 43.4 Å². The molecule has 2 fully saturated rings. The lowest BCUT2D eigenvalue weighted by Gasteiger charge is -2.47. The van der Waals surface area contributed by atoms with Crippen molar-refractivity contribution in [3.8, 4) is 0 Å². The minimum atomic E-state index is -0.497. The predicted octanol–water partition coefficient (Wildman–Crippen LogP) is 2.65. The van der Waals surface area contributed by atoms with E-state index >= 15 is 0 Å². The quantitative estimate of drug-likeness (QED) is 0.933. The Morgan fingerprint density at radius 2 is 2.00 bits per heavy atom. The average Bonchev–Trinajstić information content (AvgIpc) is 2.82. The number of amides is 1. The van der Waals surface area contributed by atoms with Crippen LogP contribution in [-0.2, 0) is 11.3 Å². The number of hydrogen-bond acceptors (Lipinski definition) is 2. The van der Waals surface area contributed by atoms with Gasteiger partial charge in [0.15, 0.2) is 0 Å². The number of aliphatic hydroxyl groups is 1. The van der Waals surface area contributed by atoms with Gasteiger partial charge < -0.3 is 14.6 Å². The number of fused-ring (bicyclic) bond motifs is 1. The highest BCUT2D eigenvalue weighted by Crippen LogP contribution is 2.39. The smallest absolute Gasteiger partial charge is 0.224 e. The van der Waals surface area contributed by atoms with Crippen LogP contribution in [0.5, 0.6) is 0 Å². The molecule has 2 heterocycles. The normalized spacial score (nSPS) is 28.5. The van der Waals surface area contributed by atoms with Crippen molar-refractivity contribution in [3.05, 3.63) is 23.5 Å². The van der Waals surface area contributed by atoms with Gasteiger partial charge in [0.2, 0.25) is 5.91 Å². The van der Waals surface area contributed by atoms with Crippen molar-refractivity contribution in [1.29, 1.82) is 0 Å². The lowest BCUT2D eigenvalue weighted by atomic mass is 9.71. The molecule has 0 radical (unpaired) electrons. The summed E-state index contributed by atoms with van der Waals surface area (Å²) >= 11 is 0. The number of carbonyl (C=O) groups excluding carboxylic acids is 1. The number of aryl methyl sites for hydroxylation is 2. The Kier molecular flexibility index (Phi) is 4.31. The third-order valence-electron chi connectivity index (χ3n) is 5.75. The van der Waals surface area contributed by atoms with E-state index < -0.39 is 5.60 Å². The Balaban J connectivity index is 1.57. The Hall–Kier alpha value is -1.29. The Labute approximate surface area is 133 Å². The number of piperidine rings is 1. The molecule has 3 rings (SSSR count). The summed E-state index contributed by atoms with van der Waals surface area (Å²) in [6, 6.07) is 4.20. The van der Waals surface area contributed by atoms with Gasteiger partial charge in [-0.15, -0.1) is 0 Å². The van der Waals surface area contributed by atoms with Gasteiger partial charge in [0.1, 0.15) is 0 Å². The number of aromatic nitrogens is 1. The highest BCUT2D eigenvalue weighted by atomic mass is 16.3. The van der Waals surface area contributed by atoms with Gasteiger partial charge in [-0.2, -0.15) is 0 Å². The maximum atomic E-state index is 12.5. The summed E-state index contributed by atoms with van der Waals surface area (Å²) in [4.78, 5) is 14.5. The van der Waals surface area contributed by atoms with Crippen LogP contribution in [0.1, 0.15) is 49.9 Å². The van der Waals surface area contributed by atoms with Crippen LogP contribution < -0.4 is 0 Å². The molecule has 2 atom stereocenters. The highest BCUT2D eigenvalue weighted by molar-refractivity contribution is 5.76. The molecule has 4 nitrogen and oxygen atoms in total. The molecule has 1 aromatic heterocycles. The number of nitrogens with zero attached hydrogens (tertiary/aromatic N) is 2. The lowest BCUT2D eigenvalue weighted by Crippen LogP contribution is -2.54. The molecule has 4 heteroatoms. The molecular formula is C18H28N2O2. The summed E-state index contributed by atoms with van der Waals surface area (Å²) in [5.41, 5.74) is 1.93. The van der Waals surface area contributed by atoms with E-state index in [2.05, 4.69) is 30.5 Å². The molecule has 1 saturated heterocycles. The maximum absolute atomic E-state index is 12.5. The molecule has 1 amide bonds. The summed E-state index contributed by atoms with van der Waals surface area (Å²) in [5.74, 6) is 0.522. The molecule has 2 aliphatic rings. The zero-order chi connectivity index (χ0) is 15.7. The van der Waals surface area contributed by atoms with E-state index in [1.807, 2.05) is 4.90 Å². The second-order valence-electron chi connectivity index (χ2n) is 7.15. The summed E-state index contributed by atoms with van der Waals surface area (Å²) < 4.78 is 2.21. The second-order valence-corrected chi connectivity index (χ2v) is 7.15. The van der Waals surface area contributed by atoms with Crippen molar-refractivity contribution in [2.24, 2.45) is 5.92 Å². The minimum absolute atomic E-state index is 0.236. The van der Waals surface area contributed by atoms with Crippen molar-refractivity contribution in [1.82, 2.24) is 9.47 Å². The number of rotatable bonds is 3. The van der Waals surface area contributed by atoms with E-state index in [0.717, 1.165) is 45.3 Å².